The summed E-state index contributed by atoms with van der Waals surface area (Å²) < 4.78 is 5.19. The number of rotatable bonds is 3. The monoisotopic (exact) mass is 273 g/mol. The van der Waals surface area contributed by atoms with Crippen LogP contribution in [0.2, 0.25) is 0 Å². The molecule has 2 aromatic rings. The SMILES string of the molecule is Cc1ccoc1C(=O)N(C)c1ccccc1/C(N)=N/O. The van der Waals surface area contributed by atoms with Gasteiger partial charge >= 0.3 is 0 Å². The summed E-state index contributed by atoms with van der Waals surface area (Å²) in [6.45, 7) is 1.79. The van der Waals surface area contributed by atoms with Gasteiger partial charge in [-0.15, -0.1) is 0 Å². The fourth-order valence-electron chi connectivity index (χ4n) is 1.89. The molecule has 1 aromatic carbocycles. The van der Waals surface area contributed by atoms with E-state index in [1.165, 1.54) is 11.2 Å². The molecule has 1 heterocycles. The Morgan fingerprint density at radius 1 is 1.35 bits per heavy atom. The minimum Gasteiger partial charge on any atom is -0.459 e. The standard InChI is InChI=1S/C14H15N3O3/c1-9-7-8-20-12(9)14(18)17(2)11-6-4-3-5-10(11)13(15)16-19/h3-8,19H,1-2H3,(H2,15,16). The average molecular weight is 273 g/mol. The van der Waals surface area contributed by atoms with E-state index in [-0.39, 0.29) is 17.5 Å². The number of hydrogen-bond donors (Lipinski definition) is 2. The van der Waals surface area contributed by atoms with Gasteiger partial charge in [0.15, 0.2) is 11.6 Å². The number of furan rings is 1. The highest BCUT2D eigenvalue weighted by molar-refractivity contribution is 6.10. The normalized spacial score (nSPS) is 11.4. The van der Waals surface area contributed by atoms with Crippen molar-refractivity contribution in [3.8, 4) is 0 Å². The third kappa shape index (κ3) is 2.35. The summed E-state index contributed by atoms with van der Waals surface area (Å²) in [5.41, 5.74) is 7.37. The van der Waals surface area contributed by atoms with Crippen molar-refractivity contribution in [3.63, 3.8) is 0 Å². The van der Waals surface area contributed by atoms with Crippen molar-refractivity contribution in [1.82, 2.24) is 0 Å². The van der Waals surface area contributed by atoms with Crippen LogP contribution in [0.3, 0.4) is 0 Å². The third-order valence-electron chi connectivity index (χ3n) is 3.01. The number of anilines is 1. The lowest BCUT2D eigenvalue weighted by Crippen LogP contribution is -2.29. The number of amides is 1. The first-order valence-corrected chi connectivity index (χ1v) is 5.95. The van der Waals surface area contributed by atoms with Gasteiger partial charge in [0.05, 0.1) is 12.0 Å². The van der Waals surface area contributed by atoms with Crippen LogP contribution in [0.4, 0.5) is 5.69 Å². The van der Waals surface area contributed by atoms with Gasteiger partial charge in [0.1, 0.15) is 0 Å². The van der Waals surface area contributed by atoms with Crippen molar-refractivity contribution in [2.75, 3.05) is 11.9 Å². The number of aryl methyl sites for hydroxylation is 1. The number of hydrogen-bond acceptors (Lipinski definition) is 4. The maximum Gasteiger partial charge on any atom is 0.293 e. The van der Waals surface area contributed by atoms with E-state index in [4.69, 9.17) is 15.4 Å². The van der Waals surface area contributed by atoms with Gasteiger partial charge < -0.3 is 20.3 Å². The molecule has 0 bridgehead atoms. The van der Waals surface area contributed by atoms with E-state index >= 15 is 0 Å². The Labute approximate surface area is 116 Å². The minimum absolute atomic E-state index is 0.0589. The Hall–Kier alpha value is -2.76. The van der Waals surface area contributed by atoms with Crippen LogP contribution in [-0.2, 0) is 0 Å². The van der Waals surface area contributed by atoms with Crippen LogP contribution in [0.25, 0.3) is 0 Å². The molecule has 0 spiro atoms. The Bertz CT molecular complexity index is 661. The highest BCUT2D eigenvalue weighted by atomic mass is 16.4. The van der Waals surface area contributed by atoms with Crippen molar-refractivity contribution in [2.45, 2.75) is 6.92 Å². The summed E-state index contributed by atoms with van der Waals surface area (Å²) in [6.07, 6.45) is 1.46. The molecule has 0 aliphatic carbocycles. The number of nitrogens with zero attached hydrogens (tertiary/aromatic N) is 2. The molecule has 2 rings (SSSR count). The smallest absolute Gasteiger partial charge is 0.293 e. The number of amidine groups is 1. The fraction of sp³-hybridized carbons (Fsp3) is 0.143. The predicted molar refractivity (Wildman–Crippen MR) is 75.1 cm³/mol. The number of nitrogens with two attached hydrogens (primary N) is 1. The van der Waals surface area contributed by atoms with E-state index in [1.807, 2.05) is 0 Å². The van der Waals surface area contributed by atoms with Gasteiger partial charge in [0.25, 0.3) is 5.91 Å². The summed E-state index contributed by atoms with van der Waals surface area (Å²) in [4.78, 5) is 13.8. The second-order valence-electron chi connectivity index (χ2n) is 4.30. The molecule has 6 nitrogen and oxygen atoms in total. The van der Waals surface area contributed by atoms with E-state index < -0.39 is 0 Å². The quantitative estimate of drug-likeness (QED) is 0.387. The van der Waals surface area contributed by atoms with Crippen LogP contribution in [-0.4, -0.2) is 24.0 Å². The molecule has 0 aliphatic rings. The highest BCUT2D eigenvalue weighted by Crippen LogP contribution is 2.22. The van der Waals surface area contributed by atoms with Crippen LogP contribution >= 0.6 is 0 Å². The van der Waals surface area contributed by atoms with E-state index in [1.54, 1.807) is 44.3 Å². The molecule has 0 radical (unpaired) electrons. The van der Waals surface area contributed by atoms with E-state index in [2.05, 4.69) is 5.16 Å². The minimum atomic E-state index is -0.300. The molecule has 6 heteroatoms. The van der Waals surface area contributed by atoms with Gasteiger partial charge in [-0.25, -0.2) is 0 Å². The van der Waals surface area contributed by atoms with Gasteiger partial charge in [-0.1, -0.05) is 17.3 Å². The van der Waals surface area contributed by atoms with Crippen molar-refractivity contribution < 1.29 is 14.4 Å². The Morgan fingerprint density at radius 2 is 2.05 bits per heavy atom. The lowest BCUT2D eigenvalue weighted by atomic mass is 10.1. The summed E-state index contributed by atoms with van der Waals surface area (Å²) in [5.74, 6) is -0.0936. The largest absolute Gasteiger partial charge is 0.459 e. The molecule has 20 heavy (non-hydrogen) atoms. The number of oxime groups is 1. The third-order valence-corrected chi connectivity index (χ3v) is 3.01. The zero-order chi connectivity index (χ0) is 14.7. The Kier molecular flexibility index (Phi) is 3.74. The second kappa shape index (κ2) is 5.48. The first kappa shape index (κ1) is 13.7. The molecule has 1 amide bonds. The zero-order valence-electron chi connectivity index (χ0n) is 11.2. The fourth-order valence-corrected chi connectivity index (χ4v) is 1.89. The predicted octanol–water partition coefficient (Wildman–Crippen LogP) is 1.96. The van der Waals surface area contributed by atoms with E-state index in [0.717, 1.165) is 5.56 Å². The molecule has 0 saturated carbocycles. The number of carbonyl (C=O) groups is 1. The Balaban J connectivity index is 2.42. The van der Waals surface area contributed by atoms with Gasteiger partial charge in [-0.05, 0) is 25.1 Å². The number of benzene rings is 1. The van der Waals surface area contributed by atoms with Crippen molar-refractivity contribution in [3.05, 3.63) is 53.5 Å². The maximum atomic E-state index is 12.4. The Morgan fingerprint density at radius 3 is 2.65 bits per heavy atom. The van der Waals surface area contributed by atoms with Crippen molar-refractivity contribution in [2.24, 2.45) is 10.9 Å². The summed E-state index contributed by atoms with van der Waals surface area (Å²) >= 11 is 0. The highest BCUT2D eigenvalue weighted by Gasteiger charge is 2.21. The van der Waals surface area contributed by atoms with Gasteiger partial charge in [0, 0.05) is 18.2 Å². The van der Waals surface area contributed by atoms with Crippen molar-refractivity contribution >= 4 is 17.4 Å². The van der Waals surface area contributed by atoms with Crippen LogP contribution in [0.15, 0.2) is 46.2 Å². The van der Waals surface area contributed by atoms with Crippen LogP contribution in [0, 0.1) is 6.92 Å². The first-order chi connectivity index (χ1) is 9.56. The zero-order valence-corrected chi connectivity index (χ0v) is 11.2. The second-order valence-corrected chi connectivity index (χ2v) is 4.30. The molecule has 0 unspecified atom stereocenters. The van der Waals surface area contributed by atoms with E-state index in [9.17, 15) is 4.79 Å². The first-order valence-electron chi connectivity index (χ1n) is 5.95. The molecule has 0 saturated heterocycles. The molecule has 0 aliphatic heterocycles. The average Bonchev–Trinajstić information content (AvgIpc) is 2.91. The molecular formula is C14H15N3O3. The lowest BCUT2D eigenvalue weighted by molar-refractivity contribution is 0.0965. The van der Waals surface area contributed by atoms with Crippen LogP contribution < -0.4 is 10.6 Å². The summed E-state index contributed by atoms with van der Waals surface area (Å²) in [6, 6.07) is 8.61. The summed E-state index contributed by atoms with van der Waals surface area (Å²) in [7, 11) is 1.60. The van der Waals surface area contributed by atoms with Gasteiger partial charge in [-0.2, -0.15) is 0 Å². The van der Waals surface area contributed by atoms with Crippen molar-refractivity contribution in [1.29, 1.82) is 0 Å². The number of carbonyl (C=O) groups excluding carboxylic acids is 1. The van der Waals surface area contributed by atoms with E-state index in [0.29, 0.717) is 11.3 Å². The summed E-state index contributed by atoms with van der Waals surface area (Å²) in [5, 5.41) is 11.8. The van der Waals surface area contributed by atoms with Gasteiger partial charge in [0.2, 0.25) is 0 Å². The molecule has 1 aromatic heterocycles. The lowest BCUT2D eigenvalue weighted by Gasteiger charge is -2.19. The van der Waals surface area contributed by atoms with Crippen LogP contribution in [0.5, 0.6) is 0 Å². The topological polar surface area (TPSA) is 92.1 Å². The molecule has 3 N–H and O–H groups in total. The van der Waals surface area contributed by atoms with Crippen LogP contribution in [0.1, 0.15) is 21.7 Å². The molecule has 104 valence electrons. The van der Waals surface area contributed by atoms with Gasteiger partial charge in [-0.3, -0.25) is 4.79 Å². The molecular weight excluding hydrogens is 258 g/mol. The number of para-hydroxylation sites is 1. The molecule has 0 atom stereocenters. The maximum absolute atomic E-state index is 12.4. The molecule has 0 fully saturated rings.